The van der Waals surface area contributed by atoms with Crippen molar-refractivity contribution in [3.05, 3.63) is 46.5 Å². The maximum Gasteiger partial charge on any atom is 0.225 e. The Morgan fingerprint density at radius 3 is 2.28 bits per heavy atom. The van der Waals surface area contributed by atoms with Gasteiger partial charge in [0.05, 0.1) is 8.66 Å². The summed E-state index contributed by atoms with van der Waals surface area (Å²) in [5.74, 6) is 1.99. The molecule has 0 unspecified atom stereocenters. The summed E-state index contributed by atoms with van der Waals surface area (Å²) in [6.07, 6.45) is 5.21. The molecule has 0 bridgehead atoms. The minimum Gasteiger partial charge on any atom is -0.355 e. The summed E-state index contributed by atoms with van der Waals surface area (Å²) in [6, 6.07) is 9.93. The number of nitrogens with zero attached hydrogens (tertiary/aromatic N) is 7. The van der Waals surface area contributed by atoms with E-state index in [9.17, 15) is 4.79 Å². The van der Waals surface area contributed by atoms with Gasteiger partial charge in [-0.05, 0) is 59.1 Å². The number of carbonyl (C=O) groups is 1. The molecule has 2 saturated heterocycles. The second-order valence-electron chi connectivity index (χ2n) is 8.00. The number of hydrogen-bond acceptors (Lipinski definition) is 8. The third-order valence-electron chi connectivity index (χ3n) is 6.07. The van der Waals surface area contributed by atoms with Gasteiger partial charge in [-0.3, -0.25) is 4.79 Å². The van der Waals surface area contributed by atoms with E-state index >= 15 is 0 Å². The molecule has 0 radical (unpaired) electrons. The molecule has 0 atom stereocenters. The van der Waals surface area contributed by atoms with Gasteiger partial charge >= 0.3 is 0 Å². The van der Waals surface area contributed by atoms with E-state index in [4.69, 9.17) is 0 Å². The van der Waals surface area contributed by atoms with Crippen molar-refractivity contribution < 1.29 is 4.79 Å². The summed E-state index contributed by atoms with van der Waals surface area (Å²) in [5, 5.41) is 8.84. The predicted octanol–water partition coefficient (Wildman–Crippen LogP) is 3.32. The van der Waals surface area contributed by atoms with Crippen LogP contribution in [-0.2, 0) is 4.79 Å². The van der Waals surface area contributed by atoms with E-state index in [-0.39, 0.29) is 11.8 Å². The zero-order valence-corrected chi connectivity index (χ0v) is 20.0. The van der Waals surface area contributed by atoms with E-state index < -0.39 is 0 Å². The van der Waals surface area contributed by atoms with Crippen molar-refractivity contribution in [3.8, 4) is 10.6 Å². The maximum absolute atomic E-state index is 13.1. The Morgan fingerprint density at radius 1 is 0.906 bits per heavy atom. The third kappa shape index (κ3) is 4.61. The summed E-state index contributed by atoms with van der Waals surface area (Å²) >= 11 is 5.14. The number of aromatic nitrogens is 4. The van der Waals surface area contributed by atoms with E-state index in [1.165, 1.54) is 0 Å². The molecule has 0 aliphatic carbocycles. The van der Waals surface area contributed by atoms with Crippen molar-refractivity contribution in [2.45, 2.75) is 12.8 Å². The van der Waals surface area contributed by atoms with Crippen LogP contribution in [0.25, 0.3) is 10.6 Å². The van der Waals surface area contributed by atoms with Crippen molar-refractivity contribution >= 4 is 44.9 Å². The van der Waals surface area contributed by atoms with Crippen LogP contribution in [0, 0.1) is 5.92 Å². The molecule has 166 valence electrons. The fraction of sp³-hybridized carbons (Fsp3) is 0.409. The van der Waals surface area contributed by atoms with Gasteiger partial charge < -0.3 is 14.7 Å². The van der Waals surface area contributed by atoms with Gasteiger partial charge in [-0.2, -0.15) is 0 Å². The van der Waals surface area contributed by atoms with Crippen LogP contribution >= 0.6 is 27.3 Å². The molecule has 2 aliphatic heterocycles. The van der Waals surface area contributed by atoms with Crippen LogP contribution in [0.2, 0.25) is 0 Å². The van der Waals surface area contributed by atoms with Crippen LogP contribution in [0.5, 0.6) is 0 Å². The molecule has 2 fully saturated rings. The smallest absolute Gasteiger partial charge is 0.225 e. The Balaban J connectivity index is 1.13. The molecule has 1 amide bonds. The van der Waals surface area contributed by atoms with Crippen LogP contribution in [0.4, 0.5) is 11.8 Å². The first-order valence-corrected chi connectivity index (χ1v) is 12.4. The molecular weight excluding hydrogens is 490 g/mol. The topological polar surface area (TPSA) is 78.4 Å². The molecule has 0 N–H and O–H groups in total. The van der Waals surface area contributed by atoms with Crippen LogP contribution in [0.3, 0.4) is 0 Å². The molecule has 8 nitrogen and oxygen atoms in total. The molecule has 5 rings (SSSR count). The normalized spacial score (nSPS) is 17.6. The standard InChI is InChI=1S/C22H24BrN7OS/c23-19-4-3-18(32-19)17-2-5-20(27-26-17)28-10-6-16(7-11-28)21(31)29-12-14-30(15-13-29)22-24-8-1-9-25-22/h1-5,8-9,16H,6-7,10-15H2. The lowest BCUT2D eigenvalue weighted by Gasteiger charge is -2.38. The van der Waals surface area contributed by atoms with Crippen LogP contribution in [0.1, 0.15) is 12.8 Å². The quantitative estimate of drug-likeness (QED) is 0.529. The summed E-state index contributed by atoms with van der Waals surface area (Å²) < 4.78 is 1.08. The Hall–Kier alpha value is -2.59. The van der Waals surface area contributed by atoms with Crippen molar-refractivity contribution in [1.82, 2.24) is 25.1 Å². The van der Waals surface area contributed by atoms with Crippen molar-refractivity contribution in [1.29, 1.82) is 0 Å². The zero-order chi connectivity index (χ0) is 21.9. The highest BCUT2D eigenvalue weighted by Crippen LogP contribution is 2.31. The Labute approximate surface area is 199 Å². The van der Waals surface area contributed by atoms with Gasteiger partial charge in [0.2, 0.25) is 11.9 Å². The molecule has 0 aromatic carbocycles. The van der Waals surface area contributed by atoms with E-state index in [0.717, 1.165) is 78.2 Å². The predicted molar refractivity (Wildman–Crippen MR) is 129 cm³/mol. The number of piperazine rings is 1. The molecular formula is C22H24BrN7OS. The molecule has 2 aliphatic rings. The minimum absolute atomic E-state index is 0.0847. The van der Waals surface area contributed by atoms with Gasteiger partial charge in [-0.1, -0.05) is 0 Å². The van der Waals surface area contributed by atoms with Crippen molar-refractivity contribution in [3.63, 3.8) is 0 Å². The largest absolute Gasteiger partial charge is 0.355 e. The van der Waals surface area contributed by atoms with Crippen molar-refractivity contribution in [2.75, 3.05) is 49.1 Å². The second-order valence-corrected chi connectivity index (χ2v) is 10.5. The highest BCUT2D eigenvalue weighted by atomic mass is 79.9. The Kier molecular flexibility index (Phi) is 6.31. The highest BCUT2D eigenvalue weighted by Gasteiger charge is 2.31. The van der Waals surface area contributed by atoms with E-state index in [1.807, 2.05) is 35.2 Å². The monoisotopic (exact) mass is 513 g/mol. The first kappa shape index (κ1) is 21.3. The molecule has 3 aromatic rings. The highest BCUT2D eigenvalue weighted by molar-refractivity contribution is 9.11. The summed E-state index contributed by atoms with van der Waals surface area (Å²) in [4.78, 5) is 29.2. The van der Waals surface area contributed by atoms with Gasteiger partial charge in [0.15, 0.2) is 5.82 Å². The number of carbonyl (C=O) groups excluding carboxylic acids is 1. The average Bonchev–Trinajstić information content (AvgIpc) is 3.31. The minimum atomic E-state index is 0.0847. The van der Waals surface area contributed by atoms with Crippen LogP contribution in [-0.4, -0.2) is 70.2 Å². The SMILES string of the molecule is O=C(C1CCN(c2ccc(-c3ccc(Br)s3)nn2)CC1)N1CCN(c2ncccn2)CC1. The van der Waals surface area contributed by atoms with Gasteiger partial charge in [0, 0.05) is 57.6 Å². The summed E-state index contributed by atoms with van der Waals surface area (Å²) in [6.45, 7) is 4.65. The van der Waals surface area contributed by atoms with Gasteiger partial charge in [0.1, 0.15) is 5.69 Å². The number of amides is 1. The average molecular weight is 514 g/mol. The lowest BCUT2D eigenvalue weighted by molar-refractivity contribution is -0.136. The van der Waals surface area contributed by atoms with Gasteiger partial charge in [0.25, 0.3) is 0 Å². The fourth-order valence-electron chi connectivity index (χ4n) is 4.27. The first-order valence-electron chi connectivity index (χ1n) is 10.8. The molecule has 10 heteroatoms. The number of hydrogen-bond donors (Lipinski definition) is 0. The number of rotatable bonds is 4. The molecule has 32 heavy (non-hydrogen) atoms. The summed E-state index contributed by atoms with van der Waals surface area (Å²) in [7, 11) is 0. The fourth-order valence-corrected chi connectivity index (χ4v) is 5.62. The molecule has 5 heterocycles. The lowest BCUT2D eigenvalue weighted by atomic mass is 9.95. The zero-order valence-electron chi connectivity index (χ0n) is 17.6. The third-order valence-corrected chi connectivity index (χ3v) is 7.72. The Bertz CT molecular complexity index is 1050. The number of anilines is 2. The number of thiophene rings is 1. The molecule has 3 aromatic heterocycles. The summed E-state index contributed by atoms with van der Waals surface area (Å²) in [5.41, 5.74) is 0.884. The van der Waals surface area contributed by atoms with E-state index in [2.05, 4.69) is 45.9 Å². The number of piperidine rings is 1. The second kappa shape index (κ2) is 9.50. The van der Waals surface area contributed by atoms with Gasteiger partial charge in [-0.15, -0.1) is 21.5 Å². The first-order chi connectivity index (χ1) is 15.7. The van der Waals surface area contributed by atoms with Crippen LogP contribution in [0.15, 0.2) is 46.5 Å². The van der Waals surface area contributed by atoms with Crippen molar-refractivity contribution in [2.24, 2.45) is 5.92 Å². The van der Waals surface area contributed by atoms with Crippen LogP contribution < -0.4 is 9.80 Å². The maximum atomic E-state index is 13.1. The molecule has 0 spiro atoms. The number of halogens is 1. The van der Waals surface area contributed by atoms with E-state index in [1.54, 1.807) is 23.7 Å². The lowest BCUT2D eigenvalue weighted by Crippen LogP contribution is -2.52. The molecule has 0 saturated carbocycles. The van der Waals surface area contributed by atoms with Gasteiger partial charge in [-0.25, -0.2) is 9.97 Å². The van der Waals surface area contributed by atoms with E-state index in [0.29, 0.717) is 0 Å². The Morgan fingerprint density at radius 2 is 1.66 bits per heavy atom.